The number of methoxy groups -OCH3 is 1. The summed E-state index contributed by atoms with van der Waals surface area (Å²) in [4.78, 5) is 31.6. The molecule has 2 N–H and O–H groups in total. The van der Waals surface area contributed by atoms with E-state index in [1.807, 2.05) is 18.2 Å². The number of aliphatic imine (C=N–C) groups is 1. The Bertz CT molecular complexity index is 1710. The number of anilines is 2. The Morgan fingerprint density at radius 2 is 1.82 bits per heavy atom. The number of fused-ring (bicyclic) bond motifs is 1. The van der Waals surface area contributed by atoms with Crippen molar-refractivity contribution >= 4 is 28.5 Å². The Balaban J connectivity index is 1.34. The van der Waals surface area contributed by atoms with E-state index in [0.717, 1.165) is 63.8 Å². The number of rotatable bonds is 7. The second-order valence-corrected chi connectivity index (χ2v) is 15.5. The third kappa shape index (κ3) is 8.20. The highest BCUT2D eigenvalue weighted by Crippen LogP contribution is 2.40. The summed E-state index contributed by atoms with van der Waals surface area (Å²) in [6, 6.07) is 11.6. The molecule has 0 amide bonds. The molecule has 3 fully saturated rings. The zero-order valence-corrected chi connectivity index (χ0v) is 30.4. The lowest BCUT2D eigenvalue weighted by Crippen LogP contribution is -2.57. The molecule has 6 rings (SSSR count). The van der Waals surface area contributed by atoms with Crippen LogP contribution in [-0.2, 0) is 13.0 Å². The van der Waals surface area contributed by atoms with Crippen molar-refractivity contribution in [2.24, 2.45) is 16.3 Å². The molecule has 0 spiro atoms. The van der Waals surface area contributed by atoms with Crippen molar-refractivity contribution < 1.29 is 9.13 Å². The second kappa shape index (κ2) is 14.6. The summed E-state index contributed by atoms with van der Waals surface area (Å²) in [7, 11) is 3.63. The van der Waals surface area contributed by atoms with Crippen LogP contribution in [0, 0.1) is 17.2 Å². The fourth-order valence-electron chi connectivity index (χ4n) is 7.93. The van der Waals surface area contributed by atoms with Crippen LogP contribution in [0.15, 0.2) is 46.2 Å². The number of ether oxygens (including phenoxy) is 1. The van der Waals surface area contributed by atoms with Crippen molar-refractivity contribution in [2.45, 2.75) is 85.0 Å². The van der Waals surface area contributed by atoms with Crippen LogP contribution in [0.3, 0.4) is 0 Å². The number of hydrogen-bond acceptors (Lipinski definition) is 7. The molecule has 10 nitrogen and oxygen atoms in total. The van der Waals surface area contributed by atoms with E-state index in [0.29, 0.717) is 64.5 Å². The maximum Gasteiger partial charge on any atom is 0.262 e. The van der Waals surface area contributed by atoms with E-state index in [4.69, 9.17) is 14.7 Å². The van der Waals surface area contributed by atoms with Gasteiger partial charge in [0.2, 0.25) is 5.95 Å². The number of guanidine groups is 1. The Morgan fingerprint density at radius 1 is 1.08 bits per heavy atom. The number of aryl methyl sites for hydroxylation is 1. The van der Waals surface area contributed by atoms with Crippen LogP contribution < -0.4 is 25.8 Å². The van der Waals surface area contributed by atoms with Gasteiger partial charge < -0.3 is 30.1 Å². The SMILES string of the molecule is COc1ccc(CCn2c(N3CCN(C)CC3)nc3cc(N/C(=N/C4CCC(C)(C)C[C@@H]4C)N4C[C@H](C)N[C@@H](C)C4)ccc3c2=O)c(F)c1. The van der Waals surface area contributed by atoms with Gasteiger partial charge in [-0.1, -0.05) is 26.8 Å². The quantitative estimate of drug-likeness (QED) is 0.261. The number of hydrogen-bond donors (Lipinski definition) is 2. The number of aromatic nitrogens is 2. The lowest BCUT2D eigenvalue weighted by Gasteiger charge is -2.41. The molecule has 1 unspecified atom stereocenters. The van der Waals surface area contributed by atoms with Crippen molar-refractivity contribution in [1.29, 1.82) is 0 Å². The summed E-state index contributed by atoms with van der Waals surface area (Å²) >= 11 is 0. The average Bonchev–Trinajstić information content (AvgIpc) is 3.05. The molecule has 3 aromatic rings. The first-order chi connectivity index (χ1) is 23.4. The Hall–Kier alpha value is -3.70. The van der Waals surface area contributed by atoms with Gasteiger partial charge in [-0.25, -0.2) is 14.4 Å². The highest BCUT2D eigenvalue weighted by molar-refractivity contribution is 5.96. The number of halogens is 1. The highest BCUT2D eigenvalue weighted by Gasteiger charge is 2.33. The van der Waals surface area contributed by atoms with Crippen LogP contribution >= 0.6 is 0 Å². The van der Waals surface area contributed by atoms with Crippen molar-refractivity contribution in [3.63, 3.8) is 0 Å². The summed E-state index contributed by atoms with van der Waals surface area (Å²) in [6.45, 7) is 16.8. The number of benzene rings is 2. The topological polar surface area (TPSA) is 90.3 Å². The van der Waals surface area contributed by atoms with Gasteiger partial charge in [0.1, 0.15) is 11.6 Å². The summed E-state index contributed by atoms with van der Waals surface area (Å²) in [5, 5.41) is 7.89. The Morgan fingerprint density at radius 3 is 2.49 bits per heavy atom. The molecule has 4 atom stereocenters. The minimum absolute atomic E-state index is 0.114. The molecule has 2 aromatic carbocycles. The second-order valence-electron chi connectivity index (χ2n) is 15.5. The first kappa shape index (κ1) is 35.1. The molecule has 1 aliphatic carbocycles. The number of piperazine rings is 2. The maximum absolute atomic E-state index is 14.9. The molecule has 49 heavy (non-hydrogen) atoms. The Labute approximate surface area is 290 Å². The minimum atomic E-state index is -0.338. The molecule has 2 saturated heterocycles. The normalized spacial score (nSPS) is 25.1. The van der Waals surface area contributed by atoms with E-state index in [1.54, 1.807) is 16.7 Å². The van der Waals surface area contributed by atoms with Crippen molar-refractivity contribution in [3.05, 3.63) is 58.1 Å². The lowest BCUT2D eigenvalue weighted by atomic mass is 9.71. The first-order valence-electron chi connectivity index (χ1n) is 18.1. The third-order valence-electron chi connectivity index (χ3n) is 10.6. The van der Waals surface area contributed by atoms with Gasteiger partial charge in [0.25, 0.3) is 5.56 Å². The summed E-state index contributed by atoms with van der Waals surface area (Å²) < 4.78 is 21.8. The average molecular weight is 675 g/mol. The standard InChI is InChI=1S/C38H55FN8O2/c1-25-22-38(4,5)14-12-33(25)42-36(46-23-26(2)40-27(3)24-46)41-29-9-11-31-34(20-29)43-37(45-18-16-44(6)17-19-45)47(35(31)48)15-13-28-8-10-30(49-7)21-32(28)39/h8-11,20-21,25-27,33,40H,12-19,22-24H2,1-7H3,(H,41,42)/t25-,26-,27-,33?/m0/s1. The maximum atomic E-state index is 14.9. The van der Waals surface area contributed by atoms with Crippen LogP contribution in [0.25, 0.3) is 10.9 Å². The van der Waals surface area contributed by atoms with Gasteiger partial charge in [-0.05, 0) is 87.7 Å². The van der Waals surface area contributed by atoms with E-state index in [9.17, 15) is 9.18 Å². The molecule has 11 heteroatoms. The number of likely N-dealkylation sites (N-methyl/N-ethyl adjacent to an activating group) is 1. The number of nitrogens with one attached hydrogen (secondary N) is 2. The van der Waals surface area contributed by atoms with Crippen molar-refractivity contribution in [2.75, 3.05) is 63.6 Å². The van der Waals surface area contributed by atoms with Crippen LogP contribution in [0.2, 0.25) is 0 Å². The monoisotopic (exact) mass is 674 g/mol. The van der Waals surface area contributed by atoms with Gasteiger partial charge in [-0.2, -0.15) is 0 Å². The zero-order chi connectivity index (χ0) is 34.9. The molecule has 1 aromatic heterocycles. The predicted molar refractivity (Wildman–Crippen MR) is 198 cm³/mol. The predicted octanol–water partition coefficient (Wildman–Crippen LogP) is 5.20. The highest BCUT2D eigenvalue weighted by atomic mass is 19.1. The van der Waals surface area contributed by atoms with E-state index in [1.165, 1.54) is 19.6 Å². The third-order valence-corrected chi connectivity index (χ3v) is 10.6. The molecule has 3 aliphatic rings. The van der Waals surface area contributed by atoms with Gasteiger partial charge >= 0.3 is 0 Å². The summed E-state index contributed by atoms with van der Waals surface area (Å²) in [5.41, 5.74) is 2.28. The fourth-order valence-corrected chi connectivity index (χ4v) is 7.93. The van der Waals surface area contributed by atoms with Gasteiger partial charge in [-0.3, -0.25) is 9.36 Å². The molecular formula is C38H55FN8O2. The lowest BCUT2D eigenvalue weighted by molar-refractivity contribution is 0.168. The van der Waals surface area contributed by atoms with Crippen molar-refractivity contribution in [1.82, 2.24) is 24.7 Å². The molecule has 3 heterocycles. The fraction of sp³-hybridized carbons (Fsp3) is 0.605. The van der Waals surface area contributed by atoms with E-state index < -0.39 is 0 Å². The number of nitrogens with zero attached hydrogens (tertiary/aromatic N) is 6. The smallest absolute Gasteiger partial charge is 0.262 e. The first-order valence-corrected chi connectivity index (χ1v) is 18.1. The zero-order valence-electron chi connectivity index (χ0n) is 30.4. The minimum Gasteiger partial charge on any atom is -0.497 e. The molecule has 0 radical (unpaired) electrons. The van der Waals surface area contributed by atoms with Crippen LogP contribution in [0.4, 0.5) is 16.0 Å². The van der Waals surface area contributed by atoms with E-state index >= 15 is 0 Å². The van der Waals surface area contributed by atoms with Gasteiger partial charge in [-0.15, -0.1) is 0 Å². The molecule has 2 aliphatic heterocycles. The Kier molecular flexibility index (Phi) is 10.5. The molecule has 266 valence electrons. The van der Waals surface area contributed by atoms with Gasteiger partial charge in [0, 0.05) is 69.7 Å². The van der Waals surface area contributed by atoms with Gasteiger partial charge in [0.05, 0.1) is 24.1 Å². The van der Waals surface area contributed by atoms with E-state index in [-0.39, 0.29) is 17.4 Å². The molecule has 1 saturated carbocycles. The largest absolute Gasteiger partial charge is 0.497 e. The summed E-state index contributed by atoms with van der Waals surface area (Å²) in [5.74, 6) is 2.15. The van der Waals surface area contributed by atoms with Crippen LogP contribution in [0.5, 0.6) is 5.75 Å². The molecule has 0 bridgehead atoms. The van der Waals surface area contributed by atoms with Crippen LogP contribution in [0.1, 0.15) is 59.4 Å². The molecular weight excluding hydrogens is 619 g/mol. The van der Waals surface area contributed by atoms with Crippen LogP contribution in [-0.4, -0.2) is 96.9 Å². The van der Waals surface area contributed by atoms with Gasteiger partial charge in [0.15, 0.2) is 5.96 Å². The van der Waals surface area contributed by atoms with E-state index in [2.05, 4.69) is 67.0 Å². The summed E-state index contributed by atoms with van der Waals surface area (Å²) in [6.07, 6.45) is 3.76. The van der Waals surface area contributed by atoms with Crippen molar-refractivity contribution in [3.8, 4) is 5.75 Å².